The van der Waals surface area contributed by atoms with Gasteiger partial charge in [0.25, 0.3) is 0 Å². The van der Waals surface area contributed by atoms with Crippen LogP contribution in [0.15, 0.2) is 12.3 Å². The summed E-state index contributed by atoms with van der Waals surface area (Å²) in [6, 6.07) is 0.904. The standard InChI is InChI=1S/C11H12F3N3S/c1-2-4-18-5-3-16-9-6-10(11(12,13)14)17-7-8(9)15/h1,6-7H,3-5,15H2,(H,16,17). The molecule has 7 heteroatoms. The second kappa shape index (κ2) is 6.40. The molecular formula is C11H12F3N3S. The van der Waals surface area contributed by atoms with Crippen molar-refractivity contribution >= 4 is 23.1 Å². The van der Waals surface area contributed by atoms with Gasteiger partial charge in [0.2, 0.25) is 0 Å². The van der Waals surface area contributed by atoms with E-state index in [9.17, 15) is 13.2 Å². The maximum Gasteiger partial charge on any atom is 0.433 e. The average Bonchev–Trinajstić information content (AvgIpc) is 2.29. The van der Waals surface area contributed by atoms with E-state index in [0.717, 1.165) is 12.3 Å². The topological polar surface area (TPSA) is 50.9 Å². The molecule has 0 fully saturated rings. The number of nitrogen functional groups attached to an aromatic ring is 1. The third-order valence-electron chi connectivity index (χ3n) is 1.97. The molecule has 0 saturated carbocycles. The van der Waals surface area contributed by atoms with Crippen molar-refractivity contribution in [1.82, 2.24) is 4.98 Å². The Morgan fingerprint density at radius 3 is 2.83 bits per heavy atom. The van der Waals surface area contributed by atoms with Crippen molar-refractivity contribution in [2.24, 2.45) is 0 Å². The monoisotopic (exact) mass is 275 g/mol. The number of thioether (sulfide) groups is 1. The lowest BCUT2D eigenvalue weighted by Crippen LogP contribution is -2.12. The largest absolute Gasteiger partial charge is 0.433 e. The summed E-state index contributed by atoms with van der Waals surface area (Å²) in [7, 11) is 0. The first-order chi connectivity index (χ1) is 8.45. The number of terminal acetylenes is 1. The molecule has 1 aromatic rings. The van der Waals surface area contributed by atoms with Gasteiger partial charge in [-0.3, -0.25) is 0 Å². The van der Waals surface area contributed by atoms with Crippen LogP contribution in [0.3, 0.4) is 0 Å². The number of nitrogens with one attached hydrogen (secondary N) is 1. The van der Waals surface area contributed by atoms with Crippen LogP contribution < -0.4 is 11.1 Å². The Morgan fingerprint density at radius 2 is 2.22 bits per heavy atom. The zero-order valence-electron chi connectivity index (χ0n) is 9.42. The van der Waals surface area contributed by atoms with E-state index in [0.29, 0.717) is 18.1 Å². The highest BCUT2D eigenvalue weighted by Crippen LogP contribution is 2.30. The van der Waals surface area contributed by atoms with E-state index < -0.39 is 11.9 Å². The molecule has 3 N–H and O–H groups in total. The third-order valence-corrected chi connectivity index (χ3v) is 2.84. The number of hydrogen-bond donors (Lipinski definition) is 2. The average molecular weight is 275 g/mol. The summed E-state index contributed by atoms with van der Waals surface area (Å²) < 4.78 is 37.3. The van der Waals surface area contributed by atoms with E-state index in [1.54, 1.807) is 0 Å². The lowest BCUT2D eigenvalue weighted by molar-refractivity contribution is -0.141. The van der Waals surface area contributed by atoms with Crippen molar-refractivity contribution in [3.05, 3.63) is 18.0 Å². The molecule has 0 saturated heterocycles. The van der Waals surface area contributed by atoms with Gasteiger partial charge in [-0.25, -0.2) is 4.98 Å². The molecule has 0 aromatic carbocycles. The predicted molar refractivity (Wildman–Crippen MR) is 68.3 cm³/mol. The number of aromatic nitrogens is 1. The van der Waals surface area contributed by atoms with E-state index in [4.69, 9.17) is 12.2 Å². The first kappa shape index (κ1) is 14.5. The van der Waals surface area contributed by atoms with Crippen LogP contribution in [0.2, 0.25) is 0 Å². The number of pyridine rings is 1. The highest BCUT2D eigenvalue weighted by atomic mass is 32.2. The van der Waals surface area contributed by atoms with Crippen molar-refractivity contribution in [2.45, 2.75) is 6.18 Å². The fraction of sp³-hybridized carbons (Fsp3) is 0.364. The Kier molecular flexibility index (Phi) is 5.16. The summed E-state index contributed by atoms with van der Waals surface area (Å²) in [5.41, 5.74) is 5.00. The van der Waals surface area contributed by atoms with Crippen LogP contribution in [0.4, 0.5) is 24.5 Å². The van der Waals surface area contributed by atoms with E-state index >= 15 is 0 Å². The summed E-state index contributed by atoms with van der Waals surface area (Å²) >= 11 is 1.51. The molecular weight excluding hydrogens is 263 g/mol. The molecule has 0 radical (unpaired) electrons. The third kappa shape index (κ3) is 4.37. The summed E-state index contributed by atoms with van der Waals surface area (Å²) in [6.07, 6.45) is 1.60. The van der Waals surface area contributed by atoms with E-state index in [1.807, 2.05) is 0 Å². The molecule has 0 aliphatic carbocycles. The minimum absolute atomic E-state index is 0.185. The normalized spacial score (nSPS) is 11.0. The van der Waals surface area contributed by atoms with Gasteiger partial charge in [0, 0.05) is 12.3 Å². The SMILES string of the molecule is C#CCSCCNc1cc(C(F)(F)F)ncc1N. The molecule has 0 atom stereocenters. The number of alkyl halides is 3. The molecule has 0 aliphatic heterocycles. The van der Waals surface area contributed by atoms with E-state index in [1.165, 1.54) is 11.8 Å². The Bertz CT molecular complexity index is 440. The lowest BCUT2D eigenvalue weighted by atomic mass is 10.2. The molecule has 98 valence electrons. The molecule has 0 aliphatic rings. The van der Waals surface area contributed by atoms with Gasteiger partial charge < -0.3 is 11.1 Å². The summed E-state index contributed by atoms with van der Waals surface area (Å²) in [5.74, 6) is 3.72. The zero-order valence-corrected chi connectivity index (χ0v) is 10.2. The van der Waals surface area contributed by atoms with Gasteiger partial charge in [-0.1, -0.05) is 5.92 Å². The second-order valence-corrected chi connectivity index (χ2v) is 4.44. The maximum absolute atomic E-state index is 12.4. The first-order valence-electron chi connectivity index (χ1n) is 5.03. The summed E-state index contributed by atoms with van der Waals surface area (Å²) in [6.45, 7) is 0.484. The fourth-order valence-electron chi connectivity index (χ4n) is 1.16. The lowest BCUT2D eigenvalue weighted by Gasteiger charge is -2.11. The quantitative estimate of drug-likeness (QED) is 0.640. The van der Waals surface area contributed by atoms with Crippen LogP contribution in [0.1, 0.15) is 5.69 Å². The van der Waals surface area contributed by atoms with Crippen molar-refractivity contribution in [3.63, 3.8) is 0 Å². The van der Waals surface area contributed by atoms with Crippen LogP contribution in [0, 0.1) is 12.3 Å². The minimum atomic E-state index is -4.47. The van der Waals surface area contributed by atoms with Gasteiger partial charge >= 0.3 is 6.18 Å². The Balaban J connectivity index is 2.62. The number of anilines is 2. The second-order valence-electron chi connectivity index (χ2n) is 3.34. The number of halogens is 3. The molecule has 0 spiro atoms. The highest BCUT2D eigenvalue weighted by molar-refractivity contribution is 7.99. The first-order valence-corrected chi connectivity index (χ1v) is 6.18. The van der Waals surface area contributed by atoms with Gasteiger partial charge in [0.1, 0.15) is 5.69 Å². The number of hydrogen-bond acceptors (Lipinski definition) is 4. The Morgan fingerprint density at radius 1 is 1.50 bits per heavy atom. The van der Waals surface area contributed by atoms with Crippen molar-refractivity contribution in [3.8, 4) is 12.3 Å². The zero-order chi connectivity index (χ0) is 13.6. The molecule has 1 rings (SSSR count). The van der Waals surface area contributed by atoms with Crippen LogP contribution in [-0.4, -0.2) is 23.0 Å². The minimum Gasteiger partial charge on any atom is -0.396 e. The highest BCUT2D eigenvalue weighted by Gasteiger charge is 2.32. The van der Waals surface area contributed by atoms with Crippen molar-refractivity contribution in [2.75, 3.05) is 29.1 Å². The maximum atomic E-state index is 12.4. The van der Waals surface area contributed by atoms with Crippen LogP contribution in [0.5, 0.6) is 0 Å². The fourth-order valence-corrected chi connectivity index (χ4v) is 1.67. The van der Waals surface area contributed by atoms with Gasteiger partial charge in [-0.15, -0.1) is 18.2 Å². The smallest absolute Gasteiger partial charge is 0.396 e. The van der Waals surface area contributed by atoms with E-state index in [-0.39, 0.29) is 11.4 Å². The molecule has 18 heavy (non-hydrogen) atoms. The summed E-state index contributed by atoms with van der Waals surface area (Å²) in [5, 5.41) is 2.83. The van der Waals surface area contributed by atoms with Crippen LogP contribution >= 0.6 is 11.8 Å². The van der Waals surface area contributed by atoms with Gasteiger partial charge in [0.15, 0.2) is 0 Å². The molecule has 1 aromatic heterocycles. The van der Waals surface area contributed by atoms with Gasteiger partial charge in [0.05, 0.1) is 23.3 Å². The summed E-state index contributed by atoms with van der Waals surface area (Å²) in [4.78, 5) is 3.25. The van der Waals surface area contributed by atoms with Crippen LogP contribution in [-0.2, 0) is 6.18 Å². The molecule has 0 amide bonds. The van der Waals surface area contributed by atoms with Gasteiger partial charge in [-0.2, -0.15) is 13.2 Å². The van der Waals surface area contributed by atoms with Crippen molar-refractivity contribution < 1.29 is 13.2 Å². The van der Waals surface area contributed by atoms with Crippen molar-refractivity contribution in [1.29, 1.82) is 0 Å². The molecule has 1 heterocycles. The number of nitrogens with two attached hydrogens (primary N) is 1. The molecule has 0 unspecified atom stereocenters. The van der Waals surface area contributed by atoms with E-state index in [2.05, 4.69) is 16.2 Å². The number of nitrogens with zero attached hydrogens (tertiary/aromatic N) is 1. The molecule has 3 nitrogen and oxygen atoms in total. The van der Waals surface area contributed by atoms with Gasteiger partial charge in [-0.05, 0) is 6.07 Å². The Hall–Kier alpha value is -1.55. The molecule has 0 bridgehead atoms. The predicted octanol–water partition coefficient (Wildman–Crippen LogP) is 2.46. The number of rotatable bonds is 5. The Labute approximate surface area is 107 Å². The van der Waals surface area contributed by atoms with Crippen LogP contribution in [0.25, 0.3) is 0 Å².